The topological polar surface area (TPSA) is 0 Å². The molecule has 0 nitrogen and oxygen atoms in total. The molecule has 0 amide bonds. The minimum absolute atomic E-state index is 0.858. The number of benzene rings is 1. The van der Waals surface area contributed by atoms with Gasteiger partial charge in [0.05, 0.1) is 0 Å². The summed E-state index contributed by atoms with van der Waals surface area (Å²) < 4.78 is 0. The molecular formula is C27H42. The van der Waals surface area contributed by atoms with E-state index >= 15 is 0 Å². The van der Waals surface area contributed by atoms with Gasteiger partial charge in [0.15, 0.2) is 0 Å². The molecule has 150 valence electrons. The van der Waals surface area contributed by atoms with Crippen LogP contribution in [0, 0.1) is 23.7 Å². The molecule has 3 aliphatic rings. The van der Waals surface area contributed by atoms with E-state index in [2.05, 4.69) is 32.0 Å². The first-order chi connectivity index (χ1) is 13.2. The van der Waals surface area contributed by atoms with E-state index in [0.29, 0.717) is 0 Å². The number of aryl methyl sites for hydroxylation is 1. The van der Waals surface area contributed by atoms with Gasteiger partial charge in [-0.2, -0.15) is 0 Å². The third-order valence-corrected chi connectivity index (χ3v) is 8.36. The molecule has 5 atom stereocenters. The lowest BCUT2D eigenvalue weighted by atomic mass is 9.63. The van der Waals surface area contributed by atoms with Gasteiger partial charge in [-0.25, -0.2) is 0 Å². The summed E-state index contributed by atoms with van der Waals surface area (Å²) >= 11 is 0. The molecule has 0 aromatic heterocycles. The van der Waals surface area contributed by atoms with Crippen molar-refractivity contribution in [3.63, 3.8) is 0 Å². The molecule has 1 aromatic carbocycles. The van der Waals surface area contributed by atoms with E-state index < -0.39 is 0 Å². The third-order valence-electron chi connectivity index (χ3n) is 8.36. The first-order valence-electron chi connectivity index (χ1n) is 12.3. The SMILES string of the molecule is CCCCCCC1CCC2CC(c3ccc4c(c3)CCC(C)C4)CCC2C1. The molecule has 3 aliphatic carbocycles. The summed E-state index contributed by atoms with van der Waals surface area (Å²) in [7, 11) is 0. The fourth-order valence-corrected chi connectivity index (χ4v) is 6.62. The van der Waals surface area contributed by atoms with Gasteiger partial charge < -0.3 is 0 Å². The van der Waals surface area contributed by atoms with E-state index in [0.717, 1.165) is 29.6 Å². The Morgan fingerprint density at radius 1 is 0.852 bits per heavy atom. The quantitative estimate of drug-likeness (QED) is 0.446. The van der Waals surface area contributed by atoms with E-state index in [1.54, 1.807) is 23.1 Å². The third kappa shape index (κ3) is 4.80. The Hall–Kier alpha value is -0.780. The monoisotopic (exact) mass is 366 g/mol. The zero-order valence-electron chi connectivity index (χ0n) is 18.0. The molecule has 5 unspecified atom stereocenters. The van der Waals surface area contributed by atoms with Crippen molar-refractivity contribution in [1.29, 1.82) is 0 Å². The van der Waals surface area contributed by atoms with Crippen LogP contribution in [0.25, 0.3) is 0 Å². The standard InChI is InChI=1S/C27H42/c1-3-4-5-6-7-21-9-11-25-19-27(15-13-23(25)17-21)26-14-12-22-16-20(2)8-10-24(22)18-26/h12,14,18,20-21,23,25,27H,3-11,13,15-17,19H2,1-2H3. The van der Waals surface area contributed by atoms with E-state index in [1.807, 2.05) is 0 Å². The van der Waals surface area contributed by atoms with Gasteiger partial charge in [-0.05, 0) is 97.6 Å². The van der Waals surface area contributed by atoms with Gasteiger partial charge in [-0.15, -0.1) is 0 Å². The second-order valence-corrected chi connectivity index (χ2v) is 10.4. The molecule has 0 spiro atoms. The highest BCUT2D eigenvalue weighted by molar-refractivity contribution is 5.36. The zero-order valence-corrected chi connectivity index (χ0v) is 18.0. The lowest BCUT2D eigenvalue weighted by molar-refractivity contribution is 0.113. The average molecular weight is 367 g/mol. The van der Waals surface area contributed by atoms with Crippen LogP contribution in [0.5, 0.6) is 0 Å². The lowest BCUT2D eigenvalue weighted by Gasteiger charge is -2.42. The predicted octanol–water partition coefficient (Wildman–Crippen LogP) is 8.08. The summed E-state index contributed by atoms with van der Waals surface area (Å²) in [5.41, 5.74) is 5.02. The van der Waals surface area contributed by atoms with E-state index in [9.17, 15) is 0 Å². The van der Waals surface area contributed by atoms with Crippen LogP contribution in [0.15, 0.2) is 18.2 Å². The Balaban J connectivity index is 1.31. The van der Waals surface area contributed by atoms with Crippen LogP contribution < -0.4 is 0 Å². The van der Waals surface area contributed by atoms with Crippen LogP contribution >= 0.6 is 0 Å². The number of rotatable bonds is 6. The Bertz CT molecular complexity index is 600. The normalized spacial score (nSPS) is 33.3. The molecule has 0 N–H and O–H groups in total. The molecule has 4 rings (SSSR count). The van der Waals surface area contributed by atoms with Gasteiger partial charge in [0.2, 0.25) is 0 Å². The zero-order chi connectivity index (χ0) is 18.6. The molecule has 0 bridgehead atoms. The van der Waals surface area contributed by atoms with Gasteiger partial charge >= 0.3 is 0 Å². The van der Waals surface area contributed by atoms with Crippen molar-refractivity contribution in [1.82, 2.24) is 0 Å². The van der Waals surface area contributed by atoms with Crippen molar-refractivity contribution < 1.29 is 0 Å². The van der Waals surface area contributed by atoms with Crippen LogP contribution in [-0.4, -0.2) is 0 Å². The summed E-state index contributed by atoms with van der Waals surface area (Å²) in [6, 6.07) is 7.60. The summed E-state index contributed by atoms with van der Waals surface area (Å²) in [5.74, 6) is 4.90. The smallest absolute Gasteiger partial charge is 0.0159 e. The molecular weight excluding hydrogens is 324 g/mol. The summed E-state index contributed by atoms with van der Waals surface area (Å²) in [6.45, 7) is 4.74. The second-order valence-electron chi connectivity index (χ2n) is 10.4. The number of unbranched alkanes of at least 4 members (excludes halogenated alkanes) is 3. The molecule has 0 aliphatic heterocycles. The minimum Gasteiger partial charge on any atom is -0.0654 e. The van der Waals surface area contributed by atoms with Crippen molar-refractivity contribution in [3.8, 4) is 0 Å². The molecule has 0 radical (unpaired) electrons. The number of hydrogen-bond donors (Lipinski definition) is 0. The fourth-order valence-electron chi connectivity index (χ4n) is 6.62. The summed E-state index contributed by atoms with van der Waals surface area (Å²) in [4.78, 5) is 0. The highest BCUT2D eigenvalue weighted by atomic mass is 14.4. The summed E-state index contributed by atoms with van der Waals surface area (Å²) in [6.07, 6.45) is 20.4. The first kappa shape index (κ1) is 19.5. The van der Waals surface area contributed by atoms with Crippen molar-refractivity contribution >= 4 is 0 Å². The van der Waals surface area contributed by atoms with Crippen molar-refractivity contribution in [2.75, 3.05) is 0 Å². The van der Waals surface area contributed by atoms with Gasteiger partial charge in [0, 0.05) is 0 Å². The van der Waals surface area contributed by atoms with Gasteiger partial charge in [-0.3, -0.25) is 0 Å². The highest BCUT2D eigenvalue weighted by Crippen LogP contribution is 2.48. The average Bonchev–Trinajstić information content (AvgIpc) is 2.70. The van der Waals surface area contributed by atoms with Gasteiger partial charge in [0.25, 0.3) is 0 Å². The van der Waals surface area contributed by atoms with Gasteiger partial charge in [0.1, 0.15) is 0 Å². The molecule has 2 saturated carbocycles. The molecule has 0 heteroatoms. The Morgan fingerprint density at radius 2 is 1.70 bits per heavy atom. The Kier molecular flexibility index (Phi) is 6.62. The number of hydrogen-bond acceptors (Lipinski definition) is 0. The Morgan fingerprint density at radius 3 is 2.59 bits per heavy atom. The molecule has 1 aromatic rings. The van der Waals surface area contributed by atoms with E-state index in [4.69, 9.17) is 0 Å². The minimum atomic E-state index is 0.858. The maximum atomic E-state index is 2.62. The molecule has 0 saturated heterocycles. The molecule has 2 fully saturated rings. The maximum absolute atomic E-state index is 2.62. The van der Waals surface area contributed by atoms with Crippen LogP contribution in [0.4, 0.5) is 0 Å². The van der Waals surface area contributed by atoms with E-state index in [1.165, 1.54) is 83.5 Å². The van der Waals surface area contributed by atoms with Crippen molar-refractivity contribution in [2.24, 2.45) is 23.7 Å². The van der Waals surface area contributed by atoms with Crippen LogP contribution in [0.1, 0.15) is 114 Å². The van der Waals surface area contributed by atoms with Crippen LogP contribution in [0.3, 0.4) is 0 Å². The van der Waals surface area contributed by atoms with E-state index in [-0.39, 0.29) is 0 Å². The maximum Gasteiger partial charge on any atom is -0.0159 e. The van der Waals surface area contributed by atoms with Crippen LogP contribution in [0.2, 0.25) is 0 Å². The second kappa shape index (κ2) is 9.15. The highest BCUT2D eigenvalue weighted by Gasteiger charge is 2.36. The predicted molar refractivity (Wildman–Crippen MR) is 117 cm³/mol. The van der Waals surface area contributed by atoms with Gasteiger partial charge in [-0.1, -0.05) is 70.6 Å². The number of fused-ring (bicyclic) bond motifs is 2. The molecule has 27 heavy (non-hydrogen) atoms. The fraction of sp³-hybridized carbons (Fsp3) is 0.778. The lowest BCUT2D eigenvalue weighted by Crippen LogP contribution is -2.30. The van der Waals surface area contributed by atoms with Crippen molar-refractivity contribution in [2.45, 2.75) is 110 Å². The van der Waals surface area contributed by atoms with Crippen molar-refractivity contribution in [3.05, 3.63) is 34.9 Å². The molecule has 0 heterocycles. The first-order valence-corrected chi connectivity index (χ1v) is 12.3. The largest absolute Gasteiger partial charge is 0.0654 e. The van der Waals surface area contributed by atoms with Crippen LogP contribution in [-0.2, 0) is 12.8 Å². The Labute approximate surface area is 168 Å². The summed E-state index contributed by atoms with van der Waals surface area (Å²) in [5, 5.41) is 0.